The first kappa shape index (κ1) is 17.0. The molecule has 26 heavy (non-hydrogen) atoms. The van der Waals surface area contributed by atoms with Crippen LogP contribution in [0.1, 0.15) is 34.9 Å². The molecule has 2 aromatic heterocycles. The minimum Gasteiger partial charge on any atom is -0.378 e. The fraction of sp³-hybridized carbons (Fsp3) is 0.556. The molecule has 0 saturated carbocycles. The molecule has 8 heteroatoms. The van der Waals surface area contributed by atoms with Gasteiger partial charge in [0.05, 0.1) is 18.8 Å². The molecule has 2 aromatic rings. The third-order valence-electron chi connectivity index (χ3n) is 5.11. The second-order valence-electron chi connectivity index (χ2n) is 6.86. The average Bonchev–Trinajstić information content (AvgIpc) is 3.14. The van der Waals surface area contributed by atoms with Gasteiger partial charge in [-0.05, 0) is 12.8 Å². The number of amides is 1. The van der Waals surface area contributed by atoms with Crippen molar-refractivity contribution in [1.29, 1.82) is 0 Å². The Bertz CT molecular complexity index is 753. The summed E-state index contributed by atoms with van der Waals surface area (Å²) in [5.74, 6) is 1.98. The summed E-state index contributed by atoms with van der Waals surface area (Å²) >= 11 is 0. The maximum atomic E-state index is 12.9. The van der Waals surface area contributed by atoms with Gasteiger partial charge in [0.15, 0.2) is 0 Å². The summed E-state index contributed by atoms with van der Waals surface area (Å²) in [6.45, 7) is 4.40. The van der Waals surface area contributed by atoms with Crippen LogP contribution in [0.5, 0.6) is 0 Å². The van der Waals surface area contributed by atoms with E-state index in [2.05, 4.69) is 19.9 Å². The molecule has 2 aliphatic rings. The number of carbonyl (C=O) groups is 1. The third kappa shape index (κ3) is 3.41. The minimum atomic E-state index is -0.00237. The highest BCUT2D eigenvalue weighted by Crippen LogP contribution is 2.26. The largest absolute Gasteiger partial charge is 0.378 e. The molecule has 0 aliphatic carbocycles. The van der Waals surface area contributed by atoms with Gasteiger partial charge in [-0.15, -0.1) is 0 Å². The first-order valence-electron chi connectivity index (χ1n) is 9.13. The van der Waals surface area contributed by atoms with Gasteiger partial charge in [-0.3, -0.25) is 4.79 Å². The van der Waals surface area contributed by atoms with Gasteiger partial charge < -0.3 is 19.1 Å². The molecule has 8 nitrogen and oxygen atoms in total. The van der Waals surface area contributed by atoms with Crippen LogP contribution in [0.3, 0.4) is 0 Å². The van der Waals surface area contributed by atoms with Crippen LogP contribution >= 0.6 is 0 Å². The maximum absolute atomic E-state index is 12.9. The van der Waals surface area contributed by atoms with Crippen molar-refractivity contribution in [3.8, 4) is 0 Å². The van der Waals surface area contributed by atoms with Crippen molar-refractivity contribution in [1.82, 2.24) is 24.4 Å². The molecule has 0 aromatic carbocycles. The monoisotopic (exact) mass is 356 g/mol. The quantitative estimate of drug-likeness (QED) is 0.819. The molecule has 4 rings (SSSR count). The lowest BCUT2D eigenvalue weighted by atomic mass is 9.96. The highest BCUT2D eigenvalue weighted by atomic mass is 16.5. The molecular weight excluding hydrogens is 332 g/mol. The molecule has 4 heterocycles. The van der Waals surface area contributed by atoms with Crippen LogP contribution in [0.25, 0.3) is 0 Å². The first-order chi connectivity index (χ1) is 12.7. The van der Waals surface area contributed by atoms with Crippen molar-refractivity contribution < 1.29 is 9.53 Å². The second-order valence-corrected chi connectivity index (χ2v) is 6.86. The number of piperidine rings is 1. The molecule has 0 N–H and O–H groups in total. The van der Waals surface area contributed by atoms with E-state index < -0.39 is 0 Å². The van der Waals surface area contributed by atoms with Gasteiger partial charge >= 0.3 is 0 Å². The molecule has 2 aliphatic heterocycles. The highest BCUT2D eigenvalue weighted by Gasteiger charge is 2.28. The standard InChI is InChI=1S/C18H24N6O2/c1-22-6-4-19-16(22)14-3-2-5-24(13-14)17(25)15-11-20-18(21-12-15)23-7-9-26-10-8-23/h4,6,11-12,14H,2-3,5,7-10,13H2,1H3/t14-/m0/s1. The lowest BCUT2D eigenvalue weighted by molar-refractivity contribution is 0.0702. The van der Waals surface area contributed by atoms with E-state index in [4.69, 9.17) is 4.74 Å². The molecule has 0 unspecified atom stereocenters. The summed E-state index contributed by atoms with van der Waals surface area (Å²) < 4.78 is 7.39. The number of likely N-dealkylation sites (tertiary alicyclic amines) is 1. The van der Waals surface area contributed by atoms with Gasteiger partial charge in [0.25, 0.3) is 5.91 Å². The zero-order chi connectivity index (χ0) is 17.9. The van der Waals surface area contributed by atoms with Gasteiger partial charge in [-0.2, -0.15) is 0 Å². The third-order valence-corrected chi connectivity index (χ3v) is 5.11. The summed E-state index contributed by atoms with van der Waals surface area (Å²) in [4.78, 5) is 30.1. The fourth-order valence-corrected chi connectivity index (χ4v) is 3.68. The number of rotatable bonds is 3. The Kier molecular flexibility index (Phi) is 4.83. The summed E-state index contributed by atoms with van der Waals surface area (Å²) in [5, 5.41) is 0. The molecule has 0 spiro atoms. The number of nitrogens with zero attached hydrogens (tertiary/aromatic N) is 6. The Morgan fingerprint density at radius 1 is 1.15 bits per heavy atom. The van der Waals surface area contributed by atoms with E-state index in [1.165, 1.54) is 0 Å². The van der Waals surface area contributed by atoms with E-state index >= 15 is 0 Å². The van der Waals surface area contributed by atoms with Crippen LogP contribution in [0.15, 0.2) is 24.8 Å². The minimum absolute atomic E-state index is 0.00237. The number of ether oxygens (including phenoxy) is 1. The van der Waals surface area contributed by atoms with E-state index in [1.807, 2.05) is 28.9 Å². The number of hydrogen-bond acceptors (Lipinski definition) is 6. The Balaban J connectivity index is 1.44. The van der Waals surface area contributed by atoms with Crippen LogP contribution < -0.4 is 4.90 Å². The van der Waals surface area contributed by atoms with Gasteiger partial charge in [-0.1, -0.05) is 0 Å². The van der Waals surface area contributed by atoms with Crippen molar-refractivity contribution in [2.24, 2.45) is 7.05 Å². The average molecular weight is 356 g/mol. The van der Waals surface area contributed by atoms with Crippen molar-refractivity contribution in [2.45, 2.75) is 18.8 Å². The Labute approximate surface area is 152 Å². The number of morpholine rings is 1. The topological polar surface area (TPSA) is 76.4 Å². The van der Waals surface area contributed by atoms with Crippen molar-refractivity contribution in [2.75, 3.05) is 44.3 Å². The van der Waals surface area contributed by atoms with Crippen molar-refractivity contribution in [3.05, 3.63) is 36.2 Å². The zero-order valence-corrected chi connectivity index (χ0v) is 15.0. The molecule has 0 radical (unpaired) electrons. The number of carbonyl (C=O) groups excluding carboxylic acids is 1. The number of imidazole rings is 1. The molecule has 1 atom stereocenters. The Hall–Kier alpha value is -2.48. The first-order valence-corrected chi connectivity index (χ1v) is 9.13. The summed E-state index contributed by atoms with van der Waals surface area (Å²) in [6, 6.07) is 0. The lowest BCUT2D eigenvalue weighted by Gasteiger charge is -2.32. The lowest BCUT2D eigenvalue weighted by Crippen LogP contribution is -2.40. The van der Waals surface area contributed by atoms with Crippen molar-refractivity contribution in [3.63, 3.8) is 0 Å². The summed E-state index contributed by atoms with van der Waals surface area (Å²) in [7, 11) is 2.00. The van der Waals surface area contributed by atoms with Gasteiger partial charge in [0, 0.05) is 63.9 Å². The molecule has 2 fully saturated rings. The predicted molar refractivity (Wildman–Crippen MR) is 96.2 cm³/mol. The predicted octanol–water partition coefficient (Wildman–Crippen LogP) is 1.07. The molecular formula is C18H24N6O2. The number of hydrogen-bond donors (Lipinski definition) is 0. The molecule has 2 saturated heterocycles. The summed E-state index contributed by atoms with van der Waals surface area (Å²) in [5.41, 5.74) is 0.544. The normalized spacial score (nSPS) is 21.0. The Morgan fingerprint density at radius 3 is 2.62 bits per heavy atom. The number of anilines is 1. The number of aromatic nitrogens is 4. The van der Waals surface area contributed by atoms with E-state index in [-0.39, 0.29) is 11.8 Å². The van der Waals surface area contributed by atoms with Crippen LogP contribution in [-0.2, 0) is 11.8 Å². The fourth-order valence-electron chi connectivity index (χ4n) is 3.68. The van der Waals surface area contributed by atoms with Crippen LogP contribution in [-0.4, -0.2) is 69.7 Å². The van der Waals surface area contributed by atoms with Crippen molar-refractivity contribution >= 4 is 11.9 Å². The van der Waals surface area contributed by atoms with Crippen LogP contribution in [0, 0.1) is 0 Å². The van der Waals surface area contributed by atoms with Gasteiger partial charge in [0.2, 0.25) is 5.95 Å². The highest BCUT2D eigenvalue weighted by molar-refractivity contribution is 5.93. The molecule has 1 amide bonds. The number of aryl methyl sites for hydroxylation is 1. The van der Waals surface area contributed by atoms with Crippen LogP contribution in [0.4, 0.5) is 5.95 Å². The maximum Gasteiger partial charge on any atom is 0.257 e. The Morgan fingerprint density at radius 2 is 1.92 bits per heavy atom. The van der Waals surface area contributed by atoms with Gasteiger partial charge in [-0.25, -0.2) is 15.0 Å². The SMILES string of the molecule is Cn1ccnc1[C@H]1CCCN(C(=O)c2cnc(N3CCOCC3)nc2)C1. The zero-order valence-electron chi connectivity index (χ0n) is 15.0. The van der Waals surface area contributed by atoms with E-state index in [0.717, 1.165) is 38.3 Å². The van der Waals surface area contributed by atoms with Crippen LogP contribution in [0.2, 0.25) is 0 Å². The van der Waals surface area contributed by atoms with E-state index in [9.17, 15) is 4.79 Å². The summed E-state index contributed by atoms with van der Waals surface area (Å²) in [6.07, 6.45) is 9.09. The smallest absolute Gasteiger partial charge is 0.257 e. The molecule has 138 valence electrons. The molecule has 0 bridgehead atoms. The van der Waals surface area contributed by atoms with E-state index in [1.54, 1.807) is 12.4 Å². The second kappa shape index (κ2) is 7.41. The van der Waals surface area contributed by atoms with E-state index in [0.29, 0.717) is 31.3 Å². The van der Waals surface area contributed by atoms with Gasteiger partial charge in [0.1, 0.15) is 5.82 Å².